The van der Waals surface area contributed by atoms with Crippen molar-refractivity contribution in [1.29, 1.82) is 0 Å². The Hall–Kier alpha value is -3.57. The van der Waals surface area contributed by atoms with Gasteiger partial charge in [0.2, 0.25) is 11.8 Å². The zero-order valence-electron chi connectivity index (χ0n) is 22.9. The Morgan fingerprint density at radius 1 is 1.05 bits per heavy atom. The summed E-state index contributed by atoms with van der Waals surface area (Å²) in [6.07, 6.45) is 0.967. The number of rotatable bonds is 9. The lowest BCUT2D eigenvalue weighted by molar-refractivity contribution is -0.142. The number of H-pyrrole nitrogens is 1. The molecule has 1 saturated heterocycles. The van der Waals surface area contributed by atoms with Gasteiger partial charge in [0, 0.05) is 29.0 Å². The molecule has 2 aliphatic heterocycles. The highest BCUT2D eigenvalue weighted by atomic mass is 32.2. The number of ether oxygens (including phenoxy) is 2. The highest BCUT2D eigenvalue weighted by Crippen LogP contribution is 2.68. The van der Waals surface area contributed by atoms with Gasteiger partial charge in [0.15, 0.2) is 11.5 Å². The van der Waals surface area contributed by atoms with Crippen molar-refractivity contribution in [1.82, 2.24) is 9.88 Å². The van der Waals surface area contributed by atoms with Crippen LogP contribution in [0.1, 0.15) is 41.2 Å². The number of hydrogen-bond donors (Lipinski definition) is 2. The third kappa shape index (κ3) is 4.36. The van der Waals surface area contributed by atoms with Gasteiger partial charge in [0.25, 0.3) is 0 Å². The fourth-order valence-corrected chi connectivity index (χ4v) is 10.7. The minimum absolute atomic E-state index is 0.00576. The maximum atomic E-state index is 13.6. The van der Waals surface area contributed by atoms with Crippen LogP contribution >= 0.6 is 23.1 Å². The molecule has 7 rings (SSSR count). The van der Waals surface area contributed by atoms with Crippen LogP contribution < -0.4 is 14.3 Å². The normalized spacial score (nSPS) is 28.9. The topological polar surface area (TPSA) is 126 Å². The van der Waals surface area contributed by atoms with E-state index in [0.717, 1.165) is 27.5 Å². The van der Waals surface area contributed by atoms with E-state index < -0.39 is 11.9 Å². The number of thiazole rings is 1. The van der Waals surface area contributed by atoms with Crippen LogP contribution in [0.3, 0.4) is 0 Å². The molecule has 2 N–H and O–H groups in total. The summed E-state index contributed by atoms with van der Waals surface area (Å²) in [6, 6.07) is 15.8. The minimum Gasteiger partial charge on any atom is -0.493 e. The predicted molar refractivity (Wildman–Crippen MR) is 156 cm³/mol. The van der Waals surface area contributed by atoms with Gasteiger partial charge < -0.3 is 19.6 Å². The predicted octanol–water partition coefficient (Wildman–Crippen LogP) is 4.36. The van der Waals surface area contributed by atoms with Gasteiger partial charge in [-0.2, -0.15) is 0 Å². The van der Waals surface area contributed by atoms with Crippen LogP contribution in [0.25, 0.3) is 0 Å². The lowest BCUT2D eigenvalue weighted by Gasteiger charge is -2.43. The molecule has 7 atom stereocenters. The highest BCUT2D eigenvalue weighted by molar-refractivity contribution is 8.00. The maximum absolute atomic E-state index is 13.6. The van der Waals surface area contributed by atoms with E-state index in [0.29, 0.717) is 18.1 Å². The van der Waals surface area contributed by atoms with Crippen LogP contribution in [0.5, 0.6) is 11.5 Å². The average Bonchev–Trinajstić information content (AvgIpc) is 3.72. The number of methoxy groups -OCH3 is 1. The third-order valence-electron chi connectivity index (χ3n) is 9.37. The van der Waals surface area contributed by atoms with Gasteiger partial charge in [-0.05, 0) is 53.9 Å². The summed E-state index contributed by atoms with van der Waals surface area (Å²) in [6.45, 7) is 0.543. The van der Waals surface area contributed by atoms with Gasteiger partial charge in [-0.15, -0.1) is 11.8 Å². The Labute approximate surface area is 250 Å². The number of carbonyl (C=O) groups excluding carboxylic acids is 2. The molecule has 3 fully saturated rings. The number of fused-ring (bicyclic) bond motifs is 9. The molecule has 11 heteroatoms. The Bertz CT molecular complexity index is 1620. The number of benzene rings is 2. The number of aromatic nitrogens is 1. The van der Waals surface area contributed by atoms with Crippen LogP contribution in [-0.2, 0) is 21.0 Å². The second kappa shape index (κ2) is 10.6. The molecule has 4 aliphatic rings. The lowest BCUT2D eigenvalue weighted by Crippen LogP contribution is -2.42. The van der Waals surface area contributed by atoms with Gasteiger partial charge in [-0.1, -0.05) is 47.7 Å². The molecular weight excluding hydrogens is 576 g/mol. The van der Waals surface area contributed by atoms with Crippen molar-refractivity contribution in [2.75, 3.05) is 13.7 Å². The summed E-state index contributed by atoms with van der Waals surface area (Å²) in [4.78, 5) is 55.9. The quantitative estimate of drug-likeness (QED) is 0.344. The van der Waals surface area contributed by atoms with Crippen molar-refractivity contribution in [2.24, 2.45) is 29.6 Å². The van der Waals surface area contributed by atoms with Crippen LogP contribution in [-0.4, -0.2) is 51.7 Å². The molecule has 0 radical (unpaired) electrons. The molecule has 42 heavy (non-hydrogen) atoms. The second-order valence-electron chi connectivity index (χ2n) is 11.5. The van der Waals surface area contributed by atoms with Gasteiger partial charge in [-0.25, -0.2) is 0 Å². The molecule has 218 valence electrons. The van der Waals surface area contributed by atoms with Crippen molar-refractivity contribution in [3.63, 3.8) is 0 Å². The van der Waals surface area contributed by atoms with E-state index in [-0.39, 0.29) is 70.9 Å². The second-order valence-corrected chi connectivity index (χ2v) is 13.7. The molecule has 2 amide bonds. The molecule has 6 unspecified atom stereocenters. The summed E-state index contributed by atoms with van der Waals surface area (Å²) >= 11 is 2.86. The van der Waals surface area contributed by atoms with Crippen molar-refractivity contribution in [3.05, 3.63) is 74.2 Å². The summed E-state index contributed by atoms with van der Waals surface area (Å²) in [5.74, 6) is -0.878. The fraction of sp³-hybridized carbons (Fsp3) is 0.419. The number of nitrogens with zero attached hydrogens (tertiary/aromatic N) is 1. The Balaban J connectivity index is 1.21. The summed E-state index contributed by atoms with van der Waals surface area (Å²) in [5, 5.41) is 9.97. The Morgan fingerprint density at radius 3 is 2.55 bits per heavy atom. The van der Waals surface area contributed by atoms with E-state index in [1.807, 2.05) is 48.5 Å². The molecule has 2 aromatic carbocycles. The van der Waals surface area contributed by atoms with Crippen LogP contribution in [0.4, 0.5) is 0 Å². The van der Waals surface area contributed by atoms with E-state index in [9.17, 15) is 19.2 Å². The number of carboxylic acids is 1. The van der Waals surface area contributed by atoms with Crippen LogP contribution in [0.2, 0.25) is 0 Å². The number of nitrogens with one attached hydrogen (secondary N) is 1. The Kier molecular flexibility index (Phi) is 6.89. The van der Waals surface area contributed by atoms with E-state index >= 15 is 0 Å². The van der Waals surface area contributed by atoms with E-state index in [4.69, 9.17) is 14.6 Å². The van der Waals surface area contributed by atoms with E-state index in [2.05, 4.69) is 4.98 Å². The molecular formula is C31H30N2O7S2. The van der Waals surface area contributed by atoms with E-state index in [1.54, 1.807) is 18.9 Å². The number of thioether (sulfide) groups is 1. The number of likely N-dealkylation sites (tertiary alicyclic amines) is 1. The monoisotopic (exact) mass is 606 g/mol. The lowest BCUT2D eigenvalue weighted by atomic mass is 9.68. The molecule has 2 bridgehead atoms. The third-order valence-corrected chi connectivity index (χ3v) is 12.0. The summed E-state index contributed by atoms with van der Waals surface area (Å²) in [7, 11) is 1.61. The first-order valence-corrected chi connectivity index (χ1v) is 15.9. The highest BCUT2D eigenvalue weighted by Gasteiger charge is 2.69. The van der Waals surface area contributed by atoms with Gasteiger partial charge in [-0.3, -0.25) is 24.1 Å². The SMILES string of the molecule is COc1cc([C@H]2c3sc(=O)[nH]c3SC3C4CC(C5C(=O)N(CCCC(=O)O)C(=O)C45)C32)ccc1OCc1ccccc1. The first-order valence-electron chi connectivity index (χ1n) is 14.2. The number of amides is 2. The average molecular weight is 607 g/mol. The van der Waals surface area contributed by atoms with Gasteiger partial charge in [0.1, 0.15) is 6.61 Å². The fourth-order valence-electron chi connectivity index (χ4n) is 7.79. The van der Waals surface area contributed by atoms with Crippen LogP contribution in [0, 0.1) is 29.6 Å². The standard InChI is InChI=1S/C31H30N2O7S2/c1-39-20-12-16(9-10-19(20)40-14-15-6-3-2-4-7-15)22-23-17-13-18(26(23)41-28-27(22)42-31(38)32-28)25-24(17)29(36)33(30(25)37)11-5-8-21(34)35/h2-4,6-7,9-10,12,17-18,22-26H,5,8,11,13-14H2,1H3,(H,32,38)(H,34,35)/t17?,18?,22-,23?,24?,25?,26?/m1/s1. The smallest absolute Gasteiger partial charge is 0.305 e. The summed E-state index contributed by atoms with van der Waals surface area (Å²) in [5.41, 5.74) is 2.03. The number of hydrogen-bond acceptors (Lipinski definition) is 8. The molecule has 3 heterocycles. The first-order chi connectivity index (χ1) is 20.4. The van der Waals surface area contributed by atoms with Gasteiger partial charge in [0.05, 0.1) is 24.0 Å². The molecule has 3 aromatic rings. The minimum atomic E-state index is -0.938. The van der Waals surface area contributed by atoms with Crippen LogP contribution in [0.15, 0.2) is 58.4 Å². The molecule has 1 aromatic heterocycles. The van der Waals surface area contributed by atoms with Crippen molar-refractivity contribution >= 4 is 40.9 Å². The first kappa shape index (κ1) is 27.3. The van der Waals surface area contributed by atoms with Crippen molar-refractivity contribution in [3.8, 4) is 11.5 Å². The zero-order valence-corrected chi connectivity index (χ0v) is 24.5. The zero-order chi connectivity index (χ0) is 29.1. The number of carboxylic acid groups (broad SMARTS) is 1. The molecule has 2 aliphatic carbocycles. The van der Waals surface area contributed by atoms with Gasteiger partial charge >= 0.3 is 10.8 Å². The largest absolute Gasteiger partial charge is 0.493 e. The number of aliphatic carboxylic acids is 1. The summed E-state index contributed by atoms with van der Waals surface area (Å²) < 4.78 is 11.9. The van der Waals surface area contributed by atoms with Crippen molar-refractivity contribution in [2.45, 2.75) is 42.1 Å². The van der Waals surface area contributed by atoms with E-state index in [1.165, 1.54) is 16.2 Å². The molecule has 9 nitrogen and oxygen atoms in total. The Morgan fingerprint density at radius 2 is 1.81 bits per heavy atom. The van der Waals surface area contributed by atoms with Crippen molar-refractivity contribution < 1.29 is 29.0 Å². The number of aromatic amines is 1. The molecule has 2 saturated carbocycles. The number of imide groups is 1. The maximum Gasteiger partial charge on any atom is 0.305 e. The molecule has 0 spiro atoms. The number of carbonyl (C=O) groups is 3.